The standard InChI is InChI=1S/C16H27N3O/c1-4-7-17-10-14-5-6-15(18-11-14)12-19-8-9-20-13-16(19,2)3/h5-6,11,17H,4,7-10,12-13H2,1-3H3. The Morgan fingerprint density at radius 2 is 2.25 bits per heavy atom. The predicted molar refractivity (Wildman–Crippen MR) is 81.5 cm³/mol. The van der Waals surface area contributed by atoms with E-state index in [9.17, 15) is 0 Å². The molecule has 1 aromatic heterocycles. The summed E-state index contributed by atoms with van der Waals surface area (Å²) >= 11 is 0. The molecule has 0 unspecified atom stereocenters. The van der Waals surface area contributed by atoms with Gasteiger partial charge in [-0.3, -0.25) is 9.88 Å². The first-order valence-electron chi connectivity index (χ1n) is 7.59. The van der Waals surface area contributed by atoms with Gasteiger partial charge < -0.3 is 10.1 Å². The molecule has 2 rings (SSSR count). The van der Waals surface area contributed by atoms with Crippen LogP contribution in [-0.4, -0.2) is 41.7 Å². The molecule has 0 amide bonds. The summed E-state index contributed by atoms with van der Waals surface area (Å²) in [5, 5.41) is 3.40. The molecule has 4 heteroatoms. The normalized spacial score (nSPS) is 19.1. The first-order chi connectivity index (χ1) is 9.62. The minimum atomic E-state index is 0.0985. The van der Waals surface area contributed by atoms with Crippen LogP contribution in [0.3, 0.4) is 0 Å². The lowest BCUT2D eigenvalue weighted by Gasteiger charge is -2.41. The van der Waals surface area contributed by atoms with Gasteiger partial charge in [-0.1, -0.05) is 13.0 Å². The minimum absolute atomic E-state index is 0.0985. The highest BCUT2D eigenvalue weighted by molar-refractivity contribution is 5.14. The zero-order valence-electron chi connectivity index (χ0n) is 13.0. The second-order valence-electron chi connectivity index (χ2n) is 6.12. The van der Waals surface area contributed by atoms with Crippen LogP contribution in [0.25, 0.3) is 0 Å². The van der Waals surface area contributed by atoms with Crippen LogP contribution in [0.2, 0.25) is 0 Å². The average molecular weight is 277 g/mol. The Bertz CT molecular complexity index is 403. The molecule has 1 N–H and O–H groups in total. The summed E-state index contributed by atoms with van der Waals surface area (Å²) in [4.78, 5) is 7.05. The Morgan fingerprint density at radius 1 is 1.40 bits per heavy atom. The van der Waals surface area contributed by atoms with Crippen molar-refractivity contribution in [2.24, 2.45) is 0 Å². The van der Waals surface area contributed by atoms with Crippen LogP contribution >= 0.6 is 0 Å². The van der Waals surface area contributed by atoms with Crippen LogP contribution in [0.15, 0.2) is 18.3 Å². The molecule has 0 radical (unpaired) electrons. The number of nitrogens with zero attached hydrogens (tertiary/aromatic N) is 2. The summed E-state index contributed by atoms with van der Waals surface area (Å²) in [6, 6.07) is 4.33. The number of morpholine rings is 1. The summed E-state index contributed by atoms with van der Waals surface area (Å²) in [5.41, 5.74) is 2.49. The fourth-order valence-electron chi connectivity index (χ4n) is 2.44. The number of ether oxygens (including phenoxy) is 1. The Kier molecular flexibility index (Phi) is 5.52. The molecular formula is C16H27N3O. The summed E-state index contributed by atoms with van der Waals surface area (Å²) in [6.45, 7) is 12.1. The Hall–Kier alpha value is -0.970. The van der Waals surface area contributed by atoms with Crippen LogP contribution in [0.4, 0.5) is 0 Å². The largest absolute Gasteiger partial charge is 0.378 e. The van der Waals surface area contributed by atoms with E-state index in [0.717, 1.165) is 51.5 Å². The van der Waals surface area contributed by atoms with Crippen LogP contribution in [-0.2, 0) is 17.8 Å². The molecule has 1 fully saturated rings. The second kappa shape index (κ2) is 7.16. The Balaban J connectivity index is 1.89. The topological polar surface area (TPSA) is 37.4 Å². The van der Waals surface area contributed by atoms with Crippen molar-refractivity contribution < 1.29 is 4.74 Å². The molecule has 4 nitrogen and oxygen atoms in total. The number of nitrogens with one attached hydrogen (secondary N) is 1. The van der Waals surface area contributed by atoms with Gasteiger partial charge in [0.2, 0.25) is 0 Å². The molecule has 0 saturated carbocycles. The Morgan fingerprint density at radius 3 is 2.90 bits per heavy atom. The smallest absolute Gasteiger partial charge is 0.0645 e. The summed E-state index contributed by atoms with van der Waals surface area (Å²) in [5.74, 6) is 0. The van der Waals surface area contributed by atoms with Crippen molar-refractivity contribution in [3.63, 3.8) is 0 Å². The predicted octanol–water partition coefficient (Wildman–Crippen LogP) is 2.19. The highest BCUT2D eigenvalue weighted by atomic mass is 16.5. The average Bonchev–Trinajstić information content (AvgIpc) is 2.43. The van der Waals surface area contributed by atoms with E-state index in [0.29, 0.717) is 0 Å². The van der Waals surface area contributed by atoms with E-state index in [1.807, 2.05) is 6.20 Å². The quantitative estimate of drug-likeness (QED) is 0.809. The van der Waals surface area contributed by atoms with E-state index in [1.165, 1.54) is 5.56 Å². The molecule has 0 spiro atoms. The van der Waals surface area contributed by atoms with E-state index in [4.69, 9.17) is 4.74 Å². The van der Waals surface area contributed by atoms with Crippen molar-refractivity contribution in [1.82, 2.24) is 15.2 Å². The van der Waals surface area contributed by atoms with Crippen LogP contribution < -0.4 is 5.32 Å². The molecule has 2 heterocycles. The SMILES string of the molecule is CCCNCc1ccc(CN2CCOCC2(C)C)nc1. The van der Waals surface area contributed by atoms with Gasteiger partial charge in [-0.15, -0.1) is 0 Å². The van der Waals surface area contributed by atoms with Gasteiger partial charge >= 0.3 is 0 Å². The van der Waals surface area contributed by atoms with Gasteiger partial charge in [0.25, 0.3) is 0 Å². The molecule has 0 aliphatic carbocycles. The summed E-state index contributed by atoms with van der Waals surface area (Å²) < 4.78 is 5.56. The highest BCUT2D eigenvalue weighted by Crippen LogP contribution is 2.20. The molecule has 1 aliphatic heterocycles. The molecule has 1 saturated heterocycles. The maximum Gasteiger partial charge on any atom is 0.0645 e. The fourth-order valence-corrected chi connectivity index (χ4v) is 2.44. The van der Waals surface area contributed by atoms with Gasteiger partial charge in [-0.05, 0) is 38.4 Å². The van der Waals surface area contributed by atoms with Crippen molar-refractivity contribution in [3.05, 3.63) is 29.6 Å². The molecular weight excluding hydrogens is 250 g/mol. The first kappa shape index (κ1) is 15.4. The van der Waals surface area contributed by atoms with Crippen LogP contribution in [0.5, 0.6) is 0 Å². The maximum atomic E-state index is 5.56. The molecule has 20 heavy (non-hydrogen) atoms. The molecule has 0 atom stereocenters. The lowest BCUT2D eigenvalue weighted by Crippen LogP contribution is -2.52. The lowest BCUT2D eigenvalue weighted by atomic mass is 10.0. The van der Waals surface area contributed by atoms with Gasteiger partial charge in [-0.25, -0.2) is 0 Å². The van der Waals surface area contributed by atoms with Crippen LogP contribution in [0, 0.1) is 0 Å². The zero-order chi connectivity index (χ0) is 14.4. The van der Waals surface area contributed by atoms with Gasteiger partial charge in [-0.2, -0.15) is 0 Å². The van der Waals surface area contributed by atoms with E-state index in [-0.39, 0.29) is 5.54 Å². The first-order valence-corrected chi connectivity index (χ1v) is 7.59. The van der Waals surface area contributed by atoms with Gasteiger partial charge in [0.05, 0.1) is 18.9 Å². The third kappa shape index (κ3) is 4.27. The van der Waals surface area contributed by atoms with Crippen molar-refractivity contribution in [1.29, 1.82) is 0 Å². The number of hydrogen-bond donors (Lipinski definition) is 1. The van der Waals surface area contributed by atoms with Gasteiger partial charge in [0, 0.05) is 31.4 Å². The van der Waals surface area contributed by atoms with Gasteiger partial charge in [0.1, 0.15) is 0 Å². The number of hydrogen-bond acceptors (Lipinski definition) is 4. The monoisotopic (exact) mass is 277 g/mol. The third-order valence-electron chi connectivity index (χ3n) is 3.81. The van der Waals surface area contributed by atoms with E-state index in [1.54, 1.807) is 0 Å². The van der Waals surface area contributed by atoms with Crippen molar-refractivity contribution in [2.75, 3.05) is 26.3 Å². The molecule has 0 aromatic carbocycles. The molecule has 112 valence electrons. The Labute approximate surface area is 122 Å². The fraction of sp³-hybridized carbons (Fsp3) is 0.688. The molecule has 1 aromatic rings. The van der Waals surface area contributed by atoms with Gasteiger partial charge in [0.15, 0.2) is 0 Å². The lowest BCUT2D eigenvalue weighted by molar-refractivity contribution is -0.0557. The van der Waals surface area contributed by atoms with Crippen LogP contribution in [0.1, 0.15) is 38.4 Å². The molecule has 1 aliphatic rings. The summed E-state index contributed by atoms with van der Waals surface area (Å²) in [7, 11) is 0. The second-order valence-corrected chi connectivity index (χ2v) is 6.12. The van der Waals surface area contributed by atoms with E-state index >= 15 is 0 Å². The van der Waals surface area contributed by atoms with Crippen molar-refractivity contribution >= 4 is 0 Å². The van der Waals surface area contributed by atoms with Crippen molar-refractivity contribution in [3.8, 4) is 0 Å². The minimum Gasteiger partial charge on any atom is -0.378 e. The highest BCUT2D eigenvalue weighted by Gasteiger charge is 2.30. The van der Waals surface area contributed by atoms with Crippen molar-refractivity contribution in [2.45, 2.75) is 45.8 Å². The number of aromatic nitrogens is 1. The number of pyridine rings is 1. The van der Waals surface area contributed by atoms with E-state index < -0.39 is 0 Å². The maximum absolute atomic E-state index is 5.56. The summed E-state index contributed by atoms with van der Waals surface area (Å²) in [6.07, 6.45) is 3.16. The number of rotatable bonds is 6. The molecule has 0 bridgehead atoms. The third-order valence-corrected chi connectivity index (χ3v) is 3.81. The zero-order valence-corrected chi connectivity index (χ0v) is 13.0. The van der Waals surface area contributed by atoms with E-state index in [2.05, 4.69) is 48.1 Å².